The van der Waals surface area contributed by atoms with Gasteiger partial charge in [-0.05, 0) is 30.3 Å². The van der Waals surface area contributed by atoms with Crippen molar-refractivity contribution in [2.45, 2.75) is 6.10 Å². The molecule has 0 bridgehead atoms. The highest BCUT2D eigenvalue weighted by Crippen LogP contribution is 2.30. The summed E-state index contributed by atoms with van der Waals surface area (Å²) in [5, 5.41) is 3.29. The van der Waals surface area contributed by atoms with Crippen LogP contribution in [0, 0.1) is 0 Å². The van der Waals surface area contributed by atoms with Crippen molar-refractivity contribution in [1.82, 2.24) is 14.7 Å². The van der Waals surface area contributed by atoms with Crippen molar-refractivity contribution in [2.75, 3.05) is 13.2 Å². The molecular weight excluding hydrogens is 378 g/mol. The van der Waals surface area contributed by atoms with Crippen LogP contribution in [0.25, 0.3) is 15.9 Å². The van der Waals surface area contributed by atoms with Gasteiger partial charge in [-0.15, -0.1) is 11.3 Å². The van der Waals surface area contributed by atoms with Gasteiger partial charge in [0.15, 0.2) is 11.5 Å². The highest BCUT2D eigenvalue weighted by atomic mass is 32.1. The third-order valence-corrected chi connectivity index (χ3v) is 5.53. The third-order valence-electron chi connectivity index (χ3n) is 4.50. The maximum absolute atomic E-state index is 12.6. The Morgan fingerprint density at radius 3 is 2.93 bits per heavy atom. The number of carbonyl (C=O) groups is 1. The Balaban J connectivity index is 1.34. The summed E-state index contributed by atoms with van der Waals surface area (Å²) in [4.78, 5) is 30.6. The van der Waals surface area contributed by atoms with Crippen LogP contribution in [0.1, 0.15) is 9.67 Å². The maximum atomic E-state index is 12.6. The Kier molecular flexibility index (Phi) is 3.98. The Hall–Kier alpha value is -3.39. The third kappa shape index (κ3) is 2.87. The quantitative estimate of drug-likeness (QED) is 0.578. The number of rotatable bonds is 3. The first-order chi connectivity index (χ1) is 13.7. The van der Waals surface area contributed by atoms with Crippen molar-refractivity contribution in [3.8, 4) is 11.5 Å². The Labute approximate surface area is 163 Å². The lowest BCUT2D eigenvalue weighted by molar-refractivity contribution is 0.0791. The summed E-state index contributed by atoms with van der Waals surface area (Å²) >= 11 is 1.20. The molecule has 1 amide bonds. The van der Waals surface area contributed by atoms with Gasteiger partial charge in [0.05, 0.1) is 16.8 Å². The molecule has 28 heavy (non-hydrogen) atoms. The summed E-state index contributed by atoms with van der Waals surface area (Å²) in [7, 11) is 0. The van der Waals surface area contributed by atoms with Gasteiger partial charge in [-0.2, -0.15) is 0 Å². The van der Waals surface area contributed by atoms with Crippen LogP contribution < -0.4 is 20.3 Å². The van der Waals surface area contributed by atoms with E-state index in [-0.39, 0.29) is 17.6 Å². The van der Waals surface area contributed by atoms with E-state index in [0.717, 1.165) is 0 Å². The molecule has 4 heterocycles. The number of ether oxygens (including phenoxy) is 2. The fourth-order valence-corrected chi connectivity index (χ4v) is 4.06. The van der Waals surface area contributed by atoms with Crippen molar-refractivity contribution in [3.05, 3.63) is 70.0 Å². The highest BCUT2D eigenvalue weighted by Gasteiger charge is 2.22. The molecule has 1 aliphatic heterocycles. The summed E-state index contributed by atoms with van der Waals surface area (Å²) in [5.41, 5.74) is 0.372. The van der Waals surface area contributed by atoms with Crippen molar-refractivity contribution in [2.24, 2.45) is 0 Å². The van der Waals surface area contributed by atoms with Crippen molar-refractivity contribution < 1.29 is 14.3 Å². The molecule has 7 nitrogen and oxygen atoms in total. The number of aromatic nitrogens is 2. The number of hydrogen-bond donors (Lipinski definition) is 1. The first kappa shape index (κ1) is 16.8. The van der Waals surface area contributed by atoms with E-state index < -0.39 is 0 Å². The number of pyridine rings is 1. The number of thiophene rings is 1. The summed E-state index contributed by atoms with van der Waals surface area (Å²) in [6.07, 6.45) is 1.39. The molecule has 1 aromatic carbocycles. The van der Waals surface area contributed by atoms with E-state index in [1.54, 1.807) is 24.4 Å². The second-order valence-electron chi connectivity index (χ2n) is 6.38. The number of fused-ring (bicyclic) bond motifs is 3. The topological polar surface area (TPSA) is 81.9 Å². The molecule has 0 saturated carbocycles. The number of hydrogen-bond acceptors (Lipinski definition) is 6. The zero-order valence-corrected chi connectivity index (χ0v) is 15.4. The lowest BCUT2D eigenvalue weighted by Gasteiger charge is -2.26. The van der Waals surface area contributed by atoms with E-state index in [1.165, 1.54) is 15.7 Å². The highest BCUT2D eigenvalue weighted by molar-refractivity contribution is 7.20. The molecular formula is C20H15N3O4S. The maximum Gasteiger partial charge on any atom is 0.266 e. The molecule has 3 aromatic heterocycles. The number of para-hydroxylation sites is 2. The average Bonchev–Trinajstić information content (AvgIpc) is 3.16. The number of carbonyl (C=O) groups excluding carboxylic acids is 1. The molecule has 140 valence electrons. The Morgan fingerprint density at radius 1 is 1.21 bits per heavy atom. The zero-order chi connectivity index (χ0) is 19.1. The smallest absolute Gasteiger partial charge is 0.266 e. The molecule has 0 aliphatic carbocycles. The fraction of sp³-hybridized carbons (Fsp3) is 0.150. The summed E-state index contributed by atoms with van der Waals surface area (Å²) in [6.45, 7) is 0.661. The molecule has 0 fully saturated rings. The monoisotopic (exact) mass is 393 g/mol. The Morgan fingerprint density at radius 2 is 2.04 bits per heavy atom. The number of nitrogens with zero attached hydrogens (tertiary/aromatic N) is 2. The minimum Gasteiger partial charge on any atom is -0.486 e. The van der Waals surface area contributed by atoms with Crippen LogP contribution in [0.2, 0.25) is 0 Å². The van der Waals surface area contributed by atoms with Gasteiger partial charge < -0.3 is 14.8 Å². The second-order valence-corrected chi connectivity index (χ2v) is 7.41. The van der Waals surface area contributed by atoms with Crippen LogP contribution in [0.15, 0.2) is 59.5 Å². The van der Waals surface area contributed by atoms with Crippen LogP contribution in [0.3, 0.4) is 0 Å². The number of benzene rings is 1. The second kappa shape index (κ2) is 6.65. The number of amides is 1. The van der Waals surface area contributed by atoms with Crippen LogP contribution in [0.5, 0.6) is 11.5 Å². The van der Waals surface area contributed by atoms with Gasteiger partial charge in [-0.25, -0.2) is 4.98 Å². The van der Waals surface area contributed by atoms with Gasteiger partial charge in [0.2, 0.25) is 0 Å². The van der Waals surface area contributed by atoms with Crippen LogP contribution in [0.4, 0.5) is 0 Å². The van der Waals surface area contributed by atoms with Gasteiger partial charge in [0.25, 0.3) is 11.5 Å². The lowest BCUT2D eigenvalue weighted by Crippen LogP contribution is -2.40. The van der Waals surface area contributed by atoms with E-state index in [4.69, 9.17) is 9.47 Å². The minimum atomic E-state index is -0.278. The molecule has 0 radical (unpaired) electrons. The van der Waals surface area contributed by atoms with Crippen molar-refractivity contribution in [1.29, 1.82) is 0 Å². The number of nitrogens with one attached hydrogen (secondary N) is 1. The van der Waals surface area contributed by atoms with Crippen molar-refractivity contribution >= 4 is 33.1 Å². The molecule has 5 rings (SSSR count). The molecule has 8 heteroatoms. The Bertz CT molecular complexity index is 1260. The normalized spacial score (nSPS) is 15.6. The van der Waals surface area contributed by atoms with Crippen LogP contribution in [-0.2, 0) is 0 Å². The molecule has 4 aromatic rings. The predicted octanol–water partition coefficient (Wildman–Crippen LogP) is 2.48. The van der Waals surface area contributed by atoms with Crippen LogP contribution in [-0.4, -0.2) is 34.5 Å². The predicted molar refractivity (Wildman–Crippen MR) is 106 cm³/mol. The minimum absolute atomic E-state index is 0.184. The van der Waals surface area contributed by atoms with Gasteiger partial charge in [0.1, 0.15) is 23.2 Å². The molecule has 0 spiro atoms. The molecule has 0 unspecified atom stereocenters. The SMILES string of the molecule is O=C(NC[C@H]1COc2ccccc2O1)c1cc2c(=O)n3ccccc3nc2s1. The first-order valence-corrected chi connectivity index (χ1v) is 9.58. The van der Waals surface area contributed by atoms with Gasteiger partial charge in [-0.1, -0.05) is 18.2 Å². The van der Waals surface area contributed by atoms with E-state index in [1.807, 2.05) is 30.3 Å². The van der Waals surface area contributed by atoms with E-state index in [2.05, 4.69) is 10.3 Å². The molecule has 1 aliphatic rings. The zero-order valence-electron chi connectivity index (χ0n) is 14.6. The van der Waals surface area contributed by atoms with E-state index in [9.17, 15) is 9.59 Å². The van der Waals surface area contributed by atoms with Gasteiger partial charge in [0, 0.05) is 6.20 Å². The standard InChI is InChI=1S/C20H15N3O4S/c24-18(21-10-12-11-26-14-5-1-2-6-15(14)27-12)16-9-13-19(28-16)22-17-7-3-4-8-23(17)20(13)25/h1-9,12H,10-11H2,(H,21,24)/t12-/m0/s1. The lowest BCUT2D eigenvalue weighted by atomic mass is 10.2. The van der Waals surface area contributed by atoms with Crippen LogP contribution >= 0.6 is 11.3 Å². The average molecular weight is 393 g/mol. The first-order valence-electron chi connectivity index (χ1n) is 8.77. The fourth-order valence-electron chi connectivity index (χ4n) is 3.12. The molecule has 1 N–H and O–H groups in total. The van der Waals surface area contributed by atoms with E-state index >= 15 is 0 Å². The summed E-state index contributed by atoms with van der Waals surface area (Å²) < 4.78 is 13.0. The largest absolute Gasteiger partial charge is 0.486 e. The summed E-state index contributed by atoms with van der Waals surface area (Å²) in [6, 6.07) is 14.4. The van der Waals surface area contributed by atoms with Gasteiger partial charge in [-0.3, -0.25) is 14.0 Å². The van der Waals surface area contributed by atoms with Gasteiger partial charge >= 0.3 is 0 Å². The molecule has 0 saturated heterocycles. The molecule has 1 atom stereocenters. The van der Waals surface area contributed by atoms with E-state index in [0.29, 0.717) is 45.4 Å². The summed E-state index contributed by atoms with van der Waals surface area (Å²) in [5.74, 6) is 1.10. The van der Waals surface area contributed by atoms with Crippen molar-refractivity contribution in [3.63, 3.8) is 0 Å².